The van der Waals surface area contributed by atoms with E-state index in [4.69, 9.17) is 18.9 Å². The van der Waals surface area contributed by atoms with Gasteiger partial charge in [-0.3, -0.25) is 4.79 Å². The highest BCUT2D eigenvalue weighted by molar-refractivity contribution is 5.76. The number of rotatable bonds is 43. The minimum absolute atomic E-state index is 0.254. The fourth-order valence-corrected chi connectivity index (χ4v) is 9.03. The molecule has 0 aromatic carbocycles. The normalized spacial score (nSPS) is 26.4. The molecule has 2 saturated heterocycles. The molecule has 14 nitrogen and oxygen atoms in total. The van der Waals surface area contributed by atoms with Crippen LogP contribution in [0.5, 0.6) is 0 Å². The van der Waals surface area contributed by atoms with Crippen molar-refractivity contribution in [2.24, 2.45) is 0 Å². The van der Waals surface area contributed by atoms with Crippen molar-refractivity contribution in [3.05, 3.63) is 36.5 Å². The van der Waals surface area contributed by atoms with Gasteiger partial charge in [0.15, 0.2) is 12.6 Å². The molecule has 1 amide bonds. The third-order valence-electron chi connectivity index (χ3n) is 13.6. The molecule has 12 atom stereocenters. The first-order valence-corrected chi connectivity index (χ1v) is 27.7. The first-order chi connectivity index (χ1) is 33.6. The van der Waals surface area contributed by atoms with Crippen LogP contribution in [0.2, 0.25) is 0 Å². The molecule has 2 fully saturated rings. The first kappa shape index (κ1) is 63.3. The van der Waals surface area contributed by atoms with Crippen molar-refractivity contribution in [3.63, 3.8) is 0 Å². The molecule has 0 aromatic heterocycles. The van der Waals surface area contributed by atoms with E-state index in [2.05, 4.69) is 43.5 Å². The lowest BCUT2D eigenvalue weighted by Gasteiger charge is -2.46. The monoisotopic (exact) mass is 984 g/mol. The third-order valence-corrected chi connectivity index (χ3v) is 13.6. The Morgan fingerprint density at radius 2 is 0.928 bits per heavy atom. The van der Waals surface area contributed by atoms with Crippen molar-refractivity contribution >= 4 is 5.91 Å². The molecule has 0 aromatic rings. The van der Waals surface area contributed by atoms with Crippen LogP contribution in [0.15, 0.2) is 36.5 Å². The van der Waals surface area contributed by atoms with E-state index in [0.717, 1.165) is 44.9 Å². The molecule has 0 spiro atoms. The minimum atomic E-state index is -1.79. The van der Waals surface area contributed by atoms with E-state index in [-0.39, 0.29) is 18.9 Å². The maximum Gasteiger partial charge on any atom is 0.220 e. The molecule has 9 N–H and O–H groups in total. The largest absolute Gasteiger partial charge is 0.394 e. The van der Waals surface area contributed by atoms with E-state index in [1.54, 1.807) is 6.08 Å². The van der Waals surface area contributed by atoms with Crippen LogP contribution in [0.1, 0.15) is 213 Å². The highest BCUT2D eigenvalue weighted by Crippen LogP contribution is 2.30. The highest BCUT2D eigenvalue weighted by Gasteiger charge is 2.51. The number of allylic oxidation sites excluding steroid dienone is 5. The van der Waals surface area contributed by atoms with Gasteiger partial charge in [-0.1, -0.05) is 198 Å². The Kier molecular flexibility index (Phi) is 38.2. The van der Waals surface area contributed by atoms with Gasteiger partial charge in [0.2, 0.25) is 5.91 Å². The number of carbonyl (C=O) groups excluding carboxylic acids is 1. The number of aliphatic hydroxyl groups excluding tert-OH is 8. The molecule has 12 unspecified atom stereocenters. The zero-order valence-electron chi connectivity index (χ0n) is 43.1. The summed E-state index contributed by atoms with van der Waals surface area (Å²) in [6.07, 6.45) is 31.9. The predicted octanol–water partition coefficient (Wildman–Crippen LogP) is 8.27. The summed E-state index contributed by atoms with van der Waals surface area (Å²) in [5, 5.41) is 86.8. The van der Waals surface area contributed by atoms with E-state index in [9.17, 15) is 45.6 Å². The Hall–Kier alpha value is -1.79. The van der Waals surface area contributed by atoms with Crippen molar-refractivity contribution < 1.29 is 64.6 Å². The van der Waals surface area contributed by atoms with Crippen molar-refractivity contribution in [2.45, 2.75) is 286 Å². The molecule has 2 aliphatic rings. The molecule has 2 heterocycles. The number of nitrogens with one attached hydrogen (secondary N) is 1. The fourth-order valence-electron chi connectivity index (χ4n) is 9.03. The van der Waals surface area contributed by atoms with Gasteiger partial charge in [0.1, 0.15) is 48.8 Å². The highest BCUT2D eigenvalue weighted by atomic mass is 16.7. The maximum atomic E-state index is 13.2. The van der Waals surface area contributed by atoms with Gasteiger partial charge in [-0.05, 0) is 44.9 Å². The lowest BCUT2D eigenvalue weighted by molar-refractivity contribution is -0.359. The molecule has 0 bridgehead atoms. The second kappa shape index (κ2) is 41.7. The van der Waals surface area contributed by atoms with Crippen LogP contribution in [0, 0.1) is 0 Å². The van der Waals surface area contributed by atoms with E-state index in [1.165, 1.54) is 135 Å². The molecule has 14 heteroatoms. The van der Waals surface area contributed by atoms with E-state index >= 15 is 0 Å². The number of unbranched alkanes of at least 4 members (excludes halogenated alkanes) is 26. The molecule has 404 valence electrons. The summed E-state index contributed by atoms with van der Waals surface area (Å²) in [6, 6.07) is -0.934. The molecule has 0 aliphatic carbocycles. The summed E-state index contributed by atoms with van der Waals surface area (Å²) in [4.78, 5) is 13.2. The average molecular weight is 984 g/mol. The molecule has 0 radical (unpaired) electrons. The maximum absolute atomic E-state index is 13.2. The van der Waals surface area contributed by atoms with Crippen LogP contribution in [0.25, 0.3) is 0 Å². The Morgan fingerprint density at radius 3 is 1.42 bits per heavy atom. The Labute approximate surface area is 417 Å². The standard InChI is InChI=1S/C55H101NO13/c1-3-5-7-9-11-13-15-17-18-19-20-21-22-23-24-25-26-27-28-30-32-34-36-38-44(59)43(56-47(60)39-37-35-33-31-29-16-14-12-10-8-6-4-2)42-66-54-52(65)50(63)53(46(41-58)68-54)69-55-51(64)49(62)48(61)45(40-57)67-55/h24-25,28,30,36,38,43-46,48-55,57-59,61-65H,3-23,26-27,29,31-35,37,39-42H2,1-2H3,(H,56,60)/b25-24+,30-28+,38-36+. The first-order valence-electron chi connectivity index (χ1n) is 27.7. The number of aliphatic hydroxyl groups is 8. The van der Waals surface area contributed by atoms with Gasteiger partial charge in [-0.2, -0.15) is 0 Å². The van der Waals surface area contributed by atoms with Gasteiger partial charge in [0, 0.05) is 6.42 Å². The fraction of sp³-hybridized carbons (Fsp3) is 0.873. The van der Waals surface area contributed by atoms with E-state index in [1.807, 2.05) is 6.08 Å². The van der Waals surface area contributed by atoms with Gasteiger partial charge in [-0.25, -0.2) is 0 Å². The van der Waals surface area contributed by atoms with Gasteiger partial charge in [0.05, 0.1) is 32.0 Å². The smallest absolute Gasteiger partial charge is 0.220 e. The van der Waals surface area contributed by atoms with Crippen LogP contribution in [0.4, 0.5) is 0 Å². The molecule has 2 aliphatic heterocycles. The summed E-state index contributed by atoms with van der Waals surface area (Å²) >= 11 is 0. The van der Waals surface area contributed by atoms with Crippen molar-refractivity contribution in [2.75, 3.05) is 19.8 Å². The second-order valence-electron chi connectivity index (χ2n) is 19.7. The summed E-state index contributed by atoms with van der Waals surface area (Å²) in [7, 11) is 0. The summed E-state index contributed by atoms with van der Waals surface area (Å²) in [5.41, 5.74) is 0. The molecule has 2 rings (SSSR count). The predicted molar refractivity (Wildman–Crippen MR) is 272 cm³/mol. The number of amides is 1. The number of hydrogen-bond donors (Lipinski definition) is 9. The lowest BCUT2D eigenvalue weighted by atomic mass is 9.97. The number of ether oxygens (including phenoxy) is 4. The van der Waals surface area contributed by atoms with Crippen LogP contribution in [-0.4, -0.2) is 140 Å². The number of carbonyl (C=O) groups is 1. The van der Waals surface area contributed by atoms with Gasteiger partial charge < -0.3 is 65.1 Å². The zero-order valence-corrected chi connectivity index (χ0v) is 43.1. The molecule has 0 saturated carbocycles. The molecular formula is C55H101NO13. The SMILES string of the molecule is CCCCCCCCCCCCCCC/C=C/CC/C=C/CC/C=C/C(O)C(COC1OC(CO)C(OC2OC(CO)C(O)C(O)C2O)C(O)C1O)NC(=O)CCCCCCCCCCCCCC. The average Bonchev–Trinajstić information content (AvgIpc) is 3.35. The van der Waals surface area contributed by atoms with Gasteiger partial charge >= 0.3 is 0 Å². The van der Waals surface area contributed by atoms with Gasteiger partial charge in [-0.15, -0.1) is 0 Å². The van der Waals surface area contributed by atoms with Crippen molar-refractivity contribution in [1.82, 2.24) is 5.32 Å². The topological polar surface area (TPSA) is 228 Å². The van der Waals surface area contributed by atoms with E-state index < -0.39 is 86.8 Å². The minimum Gasteiger partial charge on any atom is -0.394 e. The van der Waals surface area contributed by atoms with Crippen LogP contribution < -0.4 is 5.32 Å². The molecular weight excluding hydrogens is 883 g/mol. The third kappa shape index (κ3) is 28.3. The van der Waals surface area contributed by atoms with Crippen molar-refractivity contribution in [1.29, 1.82) is 0 Å². The molecule has 69 heavy (non-hydrogen) atoms. The quantitative estimate of drug-likeness (QED) is 0.0207. The number of hydrogen-bond acceptors (Lipinski definition) is 13. The Balaban J connectivity index is 1.81. The van der Waals surface area contributed by atoms with Gasteiger partial charge in [0.25, 0.3) is 0 Å². The summed E-state index contributed by atoms with van der Waals surface area (Å²) < 4.78 is 22.7. The van der Waals surface area contributed by atoms with Crippen LogP contribution >= 0.6 is 0 Å². The Bertz CT molecular complexity index is 1300. The Morgan fingerprint density at radius 1 is 0.507 bits per heavy atom. The van der Waals surface area contributed by atoms with E-state index in [0.29, 0.717) is 12.8 Å². The van der Waals surface area contributed by atoms with Crippen LogP contribution in [-0.2, 0) is 23.7 Å². The van der Waals surface area contributed by atoms with Crippen molar-refractivity contribution in [3.8, 4) is 0 Å². The van der Waals surface area contributed by atoms with Crippen LogP contribution in [0.3, 0.4) is 0 Å². The lowest BCUT2D eigenvalue weighted by Crippen LogP contribution is -2.65. The zero-order chi connectivity index (χ0) is 50.3. The summed E-state index contributed by atoms with van der Waals surface area (Å²) in [5.74, 6) is -0.254. The second-order valence-corrected chi connectivity index (χ2v) is 19.7. The summed E-state index contributed by atoms with van der Waals surface area (Å²) in [6.45, 7) is 2.76.